The molecule has 0 spiro atoms. The minimum Gasteiger partial charge on any atom is -0.390 e. The third-order valence-corrected chi connectivity index (χ3v) is 8.61. The average molecular weight is 516 g/mol. The molecule has 2 aliphatic rings. The van der Waals surface area contributed by atoms with Crippen molar-refractivity contribution in [2.24, 2.45) is 5.92 Å². The molecular formula is C28H33N7OS. The Morgan fingerprint density at radius 3 is 2.57 bits per heavy atom. The largest absolute Gasteiger partial charge is 0.390 e. The van der Waals surface area contributed by atoms with Gasteiger partial charge in [-0.25, -0.2) is 9.97 Å². The van der Waals surface area contributed by atoms with Crippen LogP contribution in [0.25, 0.3) is 20.8 Å². The van der Waals surface area contributed by atoms with Gasteiger partial charge in [-0.3, -0.25) is 9.97 Å². The minimum absolute atomic E-state index is 0.232. The molecule has 0 aliphatic heterocycles. The lowest BCUT2D eigenvalue weighted by Crippen LogP contribution is -2.30. The van der Waals surface area contributed by atoms with Crippen LogP contribution in [0.1, 0.15) is 68.8 Å². The summed E-state index contributed by atoms with van der Waals surface area (Å²) in [7, 11) is 0. The highest BCUT2D eigenvalue weighted by atomic mass is 32.1. The van der Waals surface area contributed by atoms with Gasteiger partial charge in [0.1, 0.15) is 16.3 Å². The van der Waals surface area contributed by atoms with Crippen LogP contribution in [0.15, 0.2) is 36.8 Å². The highest BCUT2D eigenvalue weighted by molar-refractivity contribution is 7.21. The first-order valence-electron chi connectivity index (χ1n) is 13.1. The molecule has 2 fully saturated rings. The maximum atomic E-state index is 10.6. The molecule has 4 aromatic rings. The third-order valence-electron chi connectivity index (χ3n) is 7.58. The maximum absolute atomic E-state index is 10.6. The molecule has 192 valence electrons. The number of hydrogen-bond donors (Lipinski definition) is 3. The van der Waals surface area contributed by atoms with Crippen molar-refractivity contribution in [3.8, 4) is 10.6 Å². The summed E-state index contributed by atoms with van der Waals surface area (Å²) in [5, 5.41) is 18.6. The van der Waals surface area contributed by atoms with E-state index in [0.29, 0.717) is 18.4 Å². The summed E-state index contributed by atoms with van der Waals surface area (Å²) in [6, 6.07) is 6.25. The molecule has 2 saturated carbocycles. The van der Waals surface area contributed by atoms with Gasteiger partial charge in [0.05, 0.1) is 27.3 Å². The molecule has 6 rings (SSSR count). The zero-order valence-electron chi connectivity index (χ0n) is 21.5. The maximum Gasteiger partial charge on any atom is 0.225 e. The molecule has 37 heavy (non-hydrogen) atoms. The predicted molar refractivity (Wildman–Crippen MR) is 148 cm³/mol. The first kappa shape index (κ1) is 24.2. The Balaban J connectivity index is 1.36. The monoisotopic (exact) mass is 515 g/mol. The van der Waals surface area contributed by atoms with Crippen molar-refractivity contribution in [2.45, 2.75) is 77.0 Å². The topological polar surface area (TPSA) is 109 Å². The average Bonchev–Trinajstić information content (AvgIpc) is 3.44. The highest BCUT2D eigenvalue weighted by Gasteiger charge is 2.35. The molecule has 0 saturated heterocycles. The third kappa shape index (κ3) is 5.15. The van der Waals surface area contributed by atoms with E-state index in [2.05, 4.69) is 26.7 Å². The van der Waals surface area contributed by atoms with Gasteiger partial charge >= 0.3 is 0 Å². The molecule has 4 heterocycles. The van der Waals surface area contributed by atoms with E-state index >= 15 is 0 Å². The van der Waals surface area contributed by atoms with Gasteiger partial charge in [-0.1, -0.05) is 0 Å². The number of nitrogens with zero attached hydrogens (tertiary/aromatic N) is 5. The number of fused-ring (bicyclic) bond motifs is 1. The van der Waals surface area contributed by atoms with Gasteiger partial charge < -0.3 is 15.7 Å². The van der Waals surface area contributed by atoms with Crippen molar-refractivity contribution >= 4 is 33.3 Å². The van der Waals surface area contributed by atoms with E-state index in [1.807, 2.05) is 39.1 Å². The first-order chi connectivity index (χ1) is 17.8. The molecular weight excluding hydrogens is 482 g/mol. The van der Waals surface area contributed by atoms with Gasteiger partial charge in [0.15, 0.2) is 0 Å². The Morgan fingerprint density at radius 2 is 1.84 bits per heavy atom. The summed E-state index contributed by atoms with van der Waals surface area (Å²) in [6.07, 6.45) is 10.7. The van der Waals surface area contributed by atoms with Crippen molar-refractivity contribution in [2.75, 3.05) is 10.6 Å². The normalized spacial score (nSPS) is 19.9. The predicted octanol–water partition coefficient (Wildman–Crippen LogP) is 5.69. The highest BCUT2D eigenvalue weighted by Crippen LogP contribution is 2.45. The van der Waals surface area contributed by atoms with E-state index in [9.17, 15) is 5.11 Å². The second-order valence-electron chi connectivity index (χ2n) is 10.9. The fraction of sp³-hybridized carbons (Fsp3) is 0.464. The number of thiazole rings is 1. The molecule has 2 aliphatic carbocycles. The van der Waals surface area contributed by atoms with Crippen LogP contribution in [-0.2, 0) is 6.54 Å². The number of anilines is 2. The van der Waals surface area contributed by atoms with Crippen LogP contribution >= 0.6 is 11.3 Å². The molecule has 8 nitrogen and oxygen atoms in total. The van der Waals surface area contributed by atoms with E-state index < -0.39 is 5.60 Å². The summed E-state index contributed by atoms with van der Waals surface area (Å²) in [6.45, 7) is 6.46. The summed E-state index contributed by atoms with van der Waals surface area (Å²) in [5.41, 5.74) is 4.39. The van der Waals surface area contributed by atoms with Crippen LogP contribution in [0, 0.1) is 12.8 Å². The number of nitrogens with one attached hydrogen (secondary N) is 2. The van der Waals surface area contributed by atoms with Crippen molar-refractivity contribution < 1.29 is 5.11 Å². The van der Waals surface area contributed by atoms with Gasteiger partial charge in [-0.2, -0.15) is 4.98 Å². The van der Waals surface area contributed by atoms with Crippen LogP contribution in [-0.4, -0.2) is 41.7 Å². The Bertz CT molecular complexity index is 1410. The minimum atomic E-state index is -0.683. The number of aromatic nitrogens is 5. The zero-order valence-corrected chi connectivity index (χ0v) is 22.3. The smallest absolute Gasteiger partial charge is 0.225 e. The quantitative estimate of drug-likeness (QED) is 0.274. The SMILES string of the molecule is Cc1nc(NCc2ccncc2)nc(NC2CCC(C(C)(C)O)C2)c1-c1nc2c(C3CC3)nccc2s1. The van der Waals surface area contributed by atoms with Gasteiger partial charge in [0, 0.05) is 37.1 Å². The second kappa shape index (κ2) is 9.61. The number of pyridine rings is 2. The van der Waals surface area contributed by atoms with E-state index in [1.54, 1.807) is 23.7 Å². The Morgan fingerprint density at radius 1 is 1.03 bits per heavy atom. The Labute approximate surface area is 221 Å². The van der Waals surface area contributed by atoms with Gasteiger partial charge in [-0.05, 0) is 82.6 Å². The fourth-order valence-corrected chi connectivity index (χ4v) is 6.35. The molecule has 3 N–H and O–H groups in total. The molecule has 0 aromatic carbocycles. The van der Waals surface area contributed by atoms with Gasteiger partial charge in [0.2, 0.25) is 5.95 Å². The van der Waals surface area contributed by atoms with E-state index in [-0.39, 0.29) is 12.0 Å². The standard InChI is InChI=1S/C28H33N7OS/c1-16-22(26-34-24-21(37-26)10-13-30-23(24)18-4-5-18)25(33-20-7-6-19(14-20)28(2,3)36)35-27(32-16)31-15-17-8-11-29-12-9-17/h8-13,18-20,36H,4-7,14-15H2,1-3H3,(H2,31,32,33,35). The number of aliphatic hydroxyl groups is 1. The van der Waals surface area contributed by atoms with Crippen molar-refractivity contribution in [3.63, 3.8) is 0 Å². The molecule has 0 amide bonds. The zero-order chi connectivity index (χ0) is 25.6. The molecule has 2 atom stereocenters. The molecule has 2 unspecified atom stereocenters. The summed E-state index contributed by atoms with van der Waals surface area (Å²) < 4.78 is 1.15. The van der Waals surface area contributed by atoms with Crippen molar-refractivity contribution in [3.05, 3.63) is 53.7 Å². The van der Waals surface area contributed by atoms with Gasteiger partial charge in [0.25, 0.3) is 0 Å². The lowest BCUT2D eigenvalue weighted by Gasteiger charge is -2.25. The van der Waals surface area contributed by atoms with E-state index in [1.165, 1.54) is 12.8 Å². The lowest BCUT2D eigenvalue weighted by atomic mass is 9.89. The van der Waals surface area contributed by atoms with Crippen LogP contribution in [0.4, 0.5) is 11.8 Å². The number of aryl methyl sites for hydroxylation is 1. The summed E-state index contributed by atoms with van der Waals surface area (Å²) >= 11 is 1.68. The van der Waals surface area contributed by atoms with Gasteiger partial charge in [-0.15, -0.1) is 11.3 Å². The van der Waals surface area contributed by atoms with E-state index in [0.717, 1.165) is 62.8 Å². The molecule has 0 radical (unpaired) electrons. The number of rotatable bonds is 8. The van der Waals surface area contributed by atoms with Crippen LogP contribution in [0.3, 0.4) is 0 Å². The Kier molecular flexibility index (Phi) is 6.28. The summed E-state index contributed by atoms with van der Waals surface area (Å²) in [4.78, 5) is 23.6. The van der Waals surface area contributed by atoms with Crippen molar-refractivity contribution in [1.29, 1.82) is 0 Å². The first-order valence-corrected chi connectivity index (χ1v) is 13.9. The van der Waals surface area contributed by atoms with Crippen molar-refractivity contribution in [1.82, 2.24) is 24.9 Å². The van der Waals surface area contributed by atoms with Crippen LogP contribution in [0.2, 0.25) is 0 Å². The molecule has 9 heteroatoms. The van der Waals surface area contributed by atoms with Crippen LogP contribution < -0.4 is 10.6 Å². The molecule has 4 aromatic heterocycles. The second-order valence-corrected chi connectivity index (χ2v) is 11.9. The van der Waals surface area contributed by atoms with E-state index in [4.69, 9.17) is 15.0 Å². The van der Waals surface area contributed by atoms with Crippen LogP contribution in [0.5, 0.6) is 0 Å². The number of hydrogen-bond acceptors (Lipinski definition) is 9. The Hall–Kier alpha value is -3.17. The lowest BCUT2D eigenvalue weighted by molar-refractivity contribution is 0.0197. The summed E-state index contributed by atoms with van der Waals surface area (Å²) in [5.74, 6) is 2.17. The molecule has 0 bridgehead atoms. The fourth-order valence-electron chi connectivity index (χ4n) is 5.28.